The molecule has 1 saturated carbocycles. The molecule has 1 fully saturated rings. The normalized spacial score (nSPS) is 21.9. The minimum Gasteiger partial charge on any atom is -0.465 e. The first-order valence-electron chi connectivity index (χ1n) is 9.15. The van der Waals surface area contributed by atoms with E-state index in [0.717, 1.165) is 12.8 Å². The summed E-state index contributed by atoms with van der Waals surface area (Å²) < 4.78 is 5.14. The van der Waals surface area contributed by atoms with Gasteiger partial charge in [0.2, 0.25) is 0 Å². The van der Waals surface area contributed by atoms with Gasteiger partial charge in [0.05, 0.1) is 6.61 Å². The zero-order chi connectivity index (χ0) is 17.8. The van der Waals surface area contributed by atoms with Crippen LogP contribution in [0.2, 0.25) is 0 Å². The van der Waals surface area contributed by atoms with Gasteiger partial charge in [0.15, 0.2) is 0 Å². The molecule has 0 aromatic heterocycles. The summed E-state index contributed by atoms with van der Waals surface area (Å²) in [6.07, 6.45) is 4.44. The zero-order valence-electron chi connectivity index (χ0n) is 16.2. The Morgan fingerprint density at radius 3 is 2.04 bits per heavy atom. The van der Waals surface area contributed by atoms with Crippen LogP contribution in [0, 0.1) is 28.6 Å². The van der Waals surface area contributed by atoms with Crippen molar-refractivity contribution in [3.8, 4) is 0 Å². The second-order valence-electron chi connectivity index (χ2n) is 9.38. The maximum atomic E-state index is 12.8. The quantitative estimate of drug-likeness (QED) is 0.487. The number of Topliss-reactive ketones (excluding diaryl/α,β-unsaturated/α-hetero) is 1. The molecule has 0 aromatic rings. The van der Waals surface area contributed by atoms with Gasteiger partial charge in [-0.2, -0.15) is 0 Å². The number of hydrogen-bond acceptors (Lipinski definition) is 3. The molecule has 0 saturated heterocycles. The van der Waals surface area contributed by atoms with Gasteiger partial charge in [0.25, 0.3) is 0 Å². The van der Waals surface area contributed by atoms with Crippen molar-refractivity contribution in [3.05, 3.63) is 0 Å². The number of carbonyl (C=O) groups excluding carboxylic acids is 2. The van der Waals surface area contributed by atoms with Crippen LogP contribution >= 0.6 is 0 Å². The van der Waals surface area contributed by atoms with E-state index in [-0.39, 0.29) is 22.6 Å². The van der Waals surface area contributed by atoms with Gasteiger partial charge in [0, 0.05) is 6.42 Å². The third kappa shape index (κ3) is 6.64. The molecule has 0 N–H and O–H groups in total. The molecule has 0 bridgehead atoms. The number of hydrogen-bond donors (Lipinski definition) is 0. The fraction of sp³-hybridized carbons (Fsp3) is 0.900. The smallest absolute Gasteiger partial charge is 0.316 e. The number of esters is 1. The second-order valence-corrected chi connectivity index (χ2v) is 9.38. The molecule has 1 aliphatic carbocycles. The first-order valence-corrected chi connectivity index (χ1v) is 9.15. The van der Waals surface area contributed by atoms with Crippen molar-refractivity contribution in [1.82, 2.24) is 0 Å². The van der Waals surface area contributed by atoms with Crippen LogP contribution in [0.5, 0.6) is 0 Å². The molecule has 0 amide bonds. The lowest BCUT2D eigenvalue weighted by molar-refractivity contribution is -0.152. The maximum absolute atomic E-state index is 12.8. The average Bonchev–Trinajstić information content (AvgIpc) is 2.31. The molecular formula is C20H36O3. The lowest BCUT2D eigenvalue weighted by Gasteiger charge is -2.45. The van der Waals surface area contributed by atoms with E-state index < -0.39 is 5.92 Å². The molecule has 1 rings (SSSR count). The number of ether oxygens (including phenoxy) is 1. The molecule has 0 aliphatic heterocycles. The van der Waals surface area contributed by atoms with E-state index in [1.54, 1.807) is 6.92 Å². The highest BCUT2D eigenvalue weighted by Crippen LogP contribution is 2.49. The van der Waals surface area contributed by atoms with Crippen LogP contribution in [0.1, 0.15) is 80.6 Å². The monoisotopic (exact) mass is 324 g/mol. The molecule has 1 atom stereocenters. The van der Waals surface area contributed by atoms with Crippen LogP contribution < -0.4 is 0 Å². The molecule has 3 nitrogen and oxygen atoms in total. The predicted molar refractivity (Wildman–Crippen MR) is 94.1 cm³/mol. The predicted octanol–water partition coefficient (Wildman–Crippen LogP) is 5.02. The third-order valence-electron chi connectivity index (χ3n) is 4.80. The second kappa shape index (κ2) is 7.81. The molecule has 0 heterocycles. The zero-order valence-corrected chi connectivity index (χ0v) is 16.2. The van der Waals surface area contributed by atoms with Gasteiger partial charge in [-0.1, -0.05) is 41.5 Å². The van der Waals surface area contributed by atoms with E-state index in [0.29, 0.717) is 31.3 Å². The first-order chi connectivity index (χ1) is 10.5. The standard InChI is InChI=1S/C20H36O3/c1-8-23-18(22)16(9-14(2)3)17(21)10-15-11-19(4,5)13-20(6,7)12-15/h14-16H,8-13H2,1-7H3. The van der Waals surface area contributed by atoms with E-state index in [1.807, 2.05) is 13.8 Å². The Bertz CT molecular complexity index is 405. The Morgan fingerprint density at radius 2 is 1.61 bits per heavy atom. The van der Waals surface area contributed by atoms with Gasteiger partial charge in [0.1, 0.15) is 11.7 Å². The number of ketones is 1. The van der Waals surface area contributed by atoms with Crippen molar-refractivity contribution < 1.29 is 14.3 Å². The van der Waals surface area contributed by atoms with Crippen molar-refractivity contribution in [2.24, 2.45) is 28.6 Å². The Balaban J connectivity index is 2.79. The molecule has 1 unspecified atom stereocenters. The third-order valence-corrected chi connectivity index (χ3v) is 4.80. The highest BCUT2D eigenvalue weighted by Gasteiger charge is 2.40. The molecule has 134 valence electrons. The van der Waals surface area contributed by atoms with Crippen LogP contribution in [0.3, 0.4) is 0 Å². The molecule has 3 heteroatoms. The highest BCUT2D eigenvalue weighted by atomic mass is 16.5. The molecule has 0 spiro atoms. The largest absolute Gasteiger partial charge is 0.465 e. The Labute approximate surface area is 142 Å². The Hall–Kier alpha value is -0.860. The van der Waals surface area contributed by atoms with E-state index in [1.165, 1.54) is 6.42 Å². The van der Waals surface area contributed by atoms with Gasteiger partial charge in [-0.3, -0.25) is 9.59 Å². The Morgan fingerprint density at radius 1 is 1.09 bits per heavy atom. The molecule has 0 aromatic carbocycles. The van der Waals surface area contributed by atoms with Crippen LogP contribution in [0.25, 0.3) is 0 Å². The SMILES string of the molecule is CCOC(=O)C(CC(C)C)C(=O)CC1CC(C)(C)CC(C)(C)C1. The molecule has 0 radical (unpaired) electrons. The summed E-state index contributed by atoms with van der Waals surface area (Å²) in [7, 11) is 0. The number of rotatable bonds is 7. The lowest BCUT2D eigenvalue weighted by Crippen LogP contribution is -2.36. The fourth-order valence-corrected chi connectivity index (χ4v) is 4.72. The summed E-state index contributed by atoms with van der Waals surface area (Å²) in [5.41, 5.74) is 0.536. The number of carbonyl (C=O) groups is 2. The maximum Gasteiger partial charge on any atom is 0.316 e. The van der Waals surface area contributed by atoms with E-state index in [9.17, 15) is 9.59 Å². The lowest BCUT2D eigenvalue weighted by atomic mass is 9.60. The van der Waals surface area contributed by atoms with Crippen molar-refractivity contribution in [1.29, 1.82) is 0 Å². The van der Waals surface area contributed by atoms with Gasteiger partial charge in [-0.05, 0) is 55.3 Å². The average molecular weight is 325 g/mol. The van der Waals surface area contributed by atoms with E-state index in [2.05, 4.69) is 27.7 Å². The van der Waals surface area contributed by atoms with Crippen LogP contribution in [0.4, 0.5) is 0 Å². The minimum atomic E-state index is -0.580. The molecule has 23 heavy (non-hydrogen) atoms. The van der Waals surface area contributed by atoms with Crippen LogP contribution in [-0.2, 0) is 14.3 Å². The molecule has 1 aliphatic rings. The summed E-state index contributed by atoms with van der Waals surface area (Å²) >= 11 is 0. The highest BCUT2D eigenvalue weighted by molar-refractivity contribution is 5.99. The van der Waals surface area contributed by atoms with Crippen molar-refractivity contribution in [2.75, 3.05) is 6.61 Å². The fourth-order valence-electron chi connectivity index (χ4n) is 4.72. The van der Waals surface area contributed by atoms with Crippen molar-refractivity contribution in [3.63, 3.8) is 0 Å². The van der Waals surface area contributed by atoms with Crippen molar-refractivity contribution in [2.45, 2.75) is 80.6 Å². The summed E-state index contributed by atoms with van der Waals surface area (Å²) in [4.78, 5) is 25.0. The first kappa shape index (κ1) is 20.2. The van der Waals surface area contributed by atoms with E-state index in [4.69, 9.17) is 4.74 Å². The molecular weight excluding hydrogens is 288 g/mol. The summed E-state index contributed by atoms with van der Waals surface area (Å²) in [6, 6.07) is 0. The summed E-state index contributed by atoms with van der Waals surface area (Å²) in [5.74, 6) is -0.141. The van der Waals surface area contributed by atoms with Crippen LogP contribution in [-0.4, -0.2) is 18.4 Å². The van der Waals surface area contributed by atoms with Crippen LogP contribution in [0.15, 0.2) is 0 Å². The van der Waals surface area contributed by atoms with Gasteiger partial charge < -0.3 is 4.74 Å². The van der Waals surface area contributed by atoms with Gasteiger partial charge in [-0.25, -0.2) is 0 Å². The summed E-state index contributed by atoms with van der Waals surface area (Å²) in [5, 5.41) is 0. The van der Waals surface area contributed by atoms with Crippen molar-refractivity contribution >= 4 is 11.8 Å². The Kier molecular flexibility index (Phi) is 6.85. The van der Waals surface area contributed by atoms with Gasteiger partial charge in [-0.15, -0.1) is 0 Å². The van der Waals surface area contributed by atoms with E-state index >= 15 is 0 Å². The van der Waals surface area contributed by atoms with Gasteiger partial charge >= 0.3 is 5.97 Å². The minimum absolute atomic E-state index is 0.0793. The summed E-state index contributed by atoms with van der Waals surface area (Å²) in [6.45, 7) is 15.4. The topological polar surface area (TPSA) is 43.4 Å².